The molecule has 0 aromatic heterocycles. The van der Waals surface area contributed by atoms with E-state index in [-0.39, 0.29) is 5.60 Å². The van der Waals surface area contributed by atoms with Crippen molar-refractivity contribution in [1.82, 2.24) is 5.32 Å². The second-order valence-corrected chi connectivity index (χ2v) is 7.37. The lowest BCUT2D eigenvalue weighted by molar-refractivity contribution is 0.137. The summed E-state index contributed by atoms with van der Waals surface area (Å²) in [5, 5.41) is 3.78. The maximum atomic E-state index is 6.17. The summed E-state index contributed by atoms with van der Waals surface area (Å²) in [4.78, 5) is 0. The monoisotopic (exact) mass is 287 g/mol. The van der Waals surface area contributed by atoms with Gasteiger partial charge in [-0.15, -0.1) is 0 Å². The first-order valence-electron chi connectivity index (χ1n) is 8.67. The number of para-hydroxylation sites is 1. The van der Waals surface area contributed by atoms with Gasteiger partial charge in [0.05, 0.1) is 0 Å². The first kappa shape index (κ1) is 14.9. The fourth-order valence-electron chi connectivity index (χ4n) is 3.73. The van der Waals surface area contributed by atoms with Crippen LogP contribution >= 0.6 is 0 Å². The first-order valence-corrected chi connectivity index (χ1v) is 8.67. The van der Waals surface area contributed by atoms with Crippen LogP contribution in [0, 0.1) is 0 Å². The topological polar surface area (TPSA) is 21.3 Å². The van der Waals surface area contributed by atoms with Crippen molar-refractivity contribution in [3.05, 3.63) is 29.3 Å². The summed E-state index contributed by atoms with van der Waals surface area (Å²) >= 11 is 0. The maximum absolute atomic E-state index is 6.17. The highest BCUT2D eigenvalue weighted by atomic mass is 16.5. The van der Waals surface area contributed by atoms with Crippen molar-refractivity contribution < 1.29 is 4.74 Å². The smallest absolute Gasteiger partial charge is 0.127 e. The van der Waals surface area contributed by atoms with Crippen LogP contribution in [-0.4, -0.2) is 11.6 Å². The minimum Gasteiger partial charge on any atom is -0.487 e. The molecule has 1 aliphatic carbocycles. The van der Waals surface area contributed by atoms with Crippen LogP contribution in [0.1, 0.15) is 69.9 Å². The zero-order chi connectivity index (χ0) is 14.7. The zero-order valence-electron chi connectivity index (χ0n) is 13.6. The molecule has 1 aromatic carbocycles. The second kappa shape index (κ2) is 6.39. The lowest BCUT2D eigenvalue weighted by atomic mass is 9.96. The predicted octanol–water partition coefficient (Wildman–Crippen LogP) is 4.60. The summed E-state index contributed by atoms with van der Waals surface area (Å²) < 4.78 is 6.17. The predicted molar refractivity (Wildman–Crippen MR) is 87.8 cm³/mol. The Labute approximate surface area is 129 Å². The molecular formula is C19H29NO. The van der Waals surface area contributed by atoms with Gasteiger partial charge in [0.1, 0.15) is 11.4 Å². The third kappa shape index (κ3) is 3.79. The van der Waals surface area contributed by atoms with Crippen LogP contribution in [0.2, 0.25) is 0 Å². The molecule has 2 heteroatoms. The quantitative estimate of drug-likeness (QED) is 0.877. The molecule has 0 atom stereocenters. The summed E-state index contributed by atoms with van der Waals surface area (Å²) in [5.74, 6) is 1.14. The lowest BCUT2D eigenvalue weighted by Crippen LogP contribution is -2.29. The molecule has 1 saturated carbocycles. The molecule has 116 valence electrons. The normalized spacial score (nSPS) is 22.2. The van der Waals surface area contributed by atoms with E-state index in [0.29, 0.717) is 6.04 Å². The van der Waals surface area contributed by atoms with Crippen molar-refractivity contribution in [3.63, 3.8) is 0 Å². The van der Waals surface area contributed by atoms with Crippen molar-refractivity contribution in [3.8, 4) is 5.75 Å². The SMILES string of the molecule is CC1(C)Cc2cccc(CNC3CCCCCCC3)c2O1. The molecule has 0 saturated heterocycles. The van der Waals surface area contributed by atoms with E-state index >= 15 is 0 Å². The van der Waals surface area contributed by atoms with Crippen molar-refractivity contribution in [2.24, 2.45) is 0 Å². The van der Waals surface area contributed by atoms with Gasteiger partial charge >= 0.3 is 0 Å². The number of benzene rings is 1. The highest BCUT2D eigenvalue weighted by Gasteiger charge is 2.31. The molecule has 0 amide bonds. The van der Waals surface area contributed by atoms with Gasteiger partial charge in [0.2, 0.25) is 0 Å². The van der Waals surface area contributed by atoms with Crippen LogP contribution in [-0.2, 0) is 13.0 Å². The molecule has 1 fully saturated rings. The van der Waals surface area contributed by atoms with Gasteiger partial charge in [-0.2, -0.15) is 0 Å². The number of nitrogens with one attached hydrogen (secondary N) is 1. The van der Waals surface area contributed by atoms with Gasteiger partial charge < -0.3 is 10.1 Å². The van der Waals surface area contributed by atoms with Gasteiger partial charge in [0, 0.05) is 24.6 Å². The van der Waals surface area contributed by atoms with Gasteiger partial charge in [-0.05, 0) is 32.3 Å². The molecule has 0 radical (unpaired) electrons. The van der Waals surface area contributed by atoms with Crippen LogP contribution in [0.3, 0.4) is 0 Å². The largest absolute Gasteiger partial charge is 0.487 e. The van der Waals surface area contributed by atoms with Crippen molar-refractivity contribution in [2.75, 3.05) is 0 Å². The zero-order valence-corrected chi connectivity index (χ0v) is 13.6. The number of fused-ring (bicyclic) bond motifs is 1. The van der Waals surface area contributed by atoms with Crippen LogP contribution in [0.25, 0.3) is 0 Å². The summed E-state index contributed by atoms with van der Waals surface area (Å²) in [6, 6.07) is 7.30. The summed E-state index contributed by atoms with van der Waals surface area (Å²) in [6.45, 7) is 5.31. The second-order valence-electron chi connectivity index (χ2n) is 7.37. The highest BCUT2D eigenvalue weighted by molar-refractivity contribution is 5.45. The van der Waals surface area contributed by atoms with Crippen LogP contribution in [0.4, 0.5) is 0 Å². The number of hydrogen-bond donors (Lipinski definition) is 1. The average molecular weight is 287 g/mol. The molecule has 2 nitrogen and oxygen atoms in total. The number of hydrogen-bond acceptors (Lipinski definition) is 2. The Bertz CT molecular complexity index is 472. The third-order valence-corrected chi connectivity index (χ3v) is 4.86. The summed E-state index contributed by atoms with van der Waals surface area (Å²) in [6.07, 6.45) is 10.7. The van der Waals surface area contributed by atoms with Crippen LogP contribution < -0.4 is 10.1 Å². The van der Waals surface area contributed by atoms with Gasteiger partial charge in [0.15, 0.2) is 0 Å². The molecular weight excluding hydrogens is 258 g/mol. The van der Waals surface area contributed by atoms with E-state index in [0.717, 1.165) is 18.7 Å². The highest BCUT2D eigenvalue weighted by Crippen LogP contribution is 2.37. The molecule has 1 N–H and O–H groups in total. The molecule has 1 heterocycles. The van der Waals surface area contributed by atoms with E-state index in [2.05, 4.69) is 37.4 Å². The molecule has 2 aliphatic rings. The van der Waals surface area contributed by atoms with Gasteiger partial charge in [0.25, 0.3) is 0 Å². The summed E-state index contributed by atoms with van der Waals surface area (Å²) in [5.41, 5.74) is 2.66. The minimum atomic E-state index is -0.0430. The Kier molecular flexibility index (Phi) is 4.54. The Hall–Kier alpha value is -1.02. The first-order chi connectivity index (χ1) is 10.1. The van der Waals surface area contributed by atoms with Gasteiger partial charge in [-0.1, -0.05) is 50.3 Å². The Morgan fingerprint density at radius 1 is 1.10 bits per heavy atom. The fourth-order valence-corrected chi connectivity index (χ4v) is 3.73. The molecule has 0 unspecified atom stereocenters. The summed E-state index contributed by atoms with van der Waals surface area (Å²) in [7, 11) is 0. The van der Waals surface area contributed by atoms with Gasteiger partial charge in [-0.3, -0.25) is 0 Å². The van der Waals surface area contributed by atoms with Crippen LogP contribution in [0.5, 0.6) is 5.75 Å². The van der Waals surface area contributed by atoms with E-state index in [9.17, 15) is 0 Å². The van der Waals surface area contributed by atoms with E-state index < -0.39 is 0 Å². The third-order valence-electron chi connectivity index (χ3n) is 4.86. The minimum absolute atomic E-state index is 0.0430. The average Bonchev–Trinajstić information content (AvgIpc) is 2.72. The van der Waals surface area contributed by atoms with Crippen LogP contribution in [0.15, 0.2) is 18.2 Å². The number of rotatable bonds is 3. The van der Waals surface area contributed by atoms with E-state index in [1.807, 2.05) is 0 Å². The van der Waals surface area contributed by atoms with Crippen molar-refractivity contribution in [1.29, 1.82) is 0 Å². The molecule has 1 aromatic rings. The molecule has 0 spiro atoms. The molecule has 1 aliphatic heterocycles. The number of ether oxygens (including phenoxy) is 1. The van der Waals surface area contributed by atoms with E-state index in [1.165, 1.54) is 56.1 Å². The Morgan fingerprint density at radius 3 is 2.57 bits per heavy atom. The van der Waals surface area contributed by atoms with E-state index in [4.69, 9.17) is 4.74 Å². The molecule has 21 heavy (non-hydrogen) atoms. The maximum Gasteiger partial charge on any atom is 0.127 e. The van der Waals surface area contributed by atoms with E-state index in [1.54, 1.807) is 0 Å². The lowest BCUT2D eigenvalue weighted by Gasteiger charge is -2.22. The Balaban J connectivity index is 1.62. The standard InChI is InChI=1S/C19H29NO/c1-19(2)13-15-9-8-10-16(18(15)21-19)14-20-17-11-6-4-3-5-7-12-17/h8-10,17,20H,3-7,11-14H2,1-2H3. The van der Waals surface area contributed by atoms with Crippen molar-refractivity contribution >= 4 is 0 Å². The van der Waals surface area contributed by atoms with Crippen molar-refractivity contribution in [2.45, 2.75) is 83.4 Å². The Morgan fingerprint density at radius 2 is 1.81 bits per heavy atom. The fraction of sp³-hybridized carbons (Fsp3) is 0.684. The van der Waals surface area contributed by atoms with Gasteiger partial charge in [-0.25, -0.2) is 0 Å². The molecule has 3 rings (SSSR count). The molecule has 0 bridgehead atoms.